The number of carbonyl (C=O) groups excluding carboxylic acids is 1. The van der Waals surface area contributed by atoms with Gasteiger partial charge in [0.05, 0.1) is 12.1 Å². The Morgan fingerprint density at radius 3 is 2.60 bits per heavy atom. The fourth-order valence-electron chi connectivity index (χ4n) is 4.20. The van der Waals surface area contributed by atoms with E-state index in [0.29, 0.717) is 23.6 Å². The van der Waals surface area contributed by atoms with Crippen LogP contribution in [0, 0.1) is 0 Å². The summed E-state index contributed by atoms with van der Waals surface area (Å²) in [6, 6.07) is 29.3. The molecule has 0 fully saturated rings. The van der Waals surface area contributed by atoms with Gasteiger partial charge in [0.1, 0.15) is 0 Å². The number of rotatable bonds is 5. The van der Waals surface area contributed by atoms with Crippen molar-refractivity contribution in [2.45, 2.75) is 6.42 Å². The zero-order valence-electron chi connectivity index (χ0n) is 18.7. The predicted octanol–water partition coefficient (Wildman–Crippen LogP) is 5.19. The van der Waals surface area contributed by atoms with Crippen molar-refractivity contribution in [2.75, 3.05) is 5.32 Å². The van der Waals surface area contributed by atoms with E-state index in [2.05, 4.69) is 32.6 Å². The molecule has 0 radical (unpaired) electrons. The summed E-state index contributed by atoms with van der Waals surface area (Å²) < 4.78 is 1.71. The molecule has 6 rings (SSSR count). The van der Waals surface area contributed by atoms with Gasteiger partial charge in [-0.2, -0.15) is 9.61 Å². The molecule has 3 aromatic carbocycles. The largest absolute Gasteiger partial charge is 0.326 e. The number of benzene rings is 3. The van der Waals surface area contributed by atoms with E-state index in [1.807, 2.05) is 78.9 Å². The number of pyridine rings is 1. The Morgan fingerprint density at radius 2 is 1.69 bits per heavy atom. The molecular weight excluding hydrogens is 436 g/mol. The molecule has 0 unspecified atom stereocenters. The van der Waals surface area contributed by atoms with Crippen molar-refractivity contribution < 1.29 is 4.79 Å². The van der Waals surface area contributed by atoms with Crippen molar-refractivity contribution >= 4 is 28.0 Å². The number of amides is 1. The first-order valence-corrected chi connectivity index (χ1v) is 11.2. The number of nitrogens with one attached hydrogen (secondary N) is 1. The van der Waals surface area contributed by atoms with Crippen LogP contribution in [0.2, 0.25) is 0 Å². The lowest BCUT2D eigenvalue weighted by Gasteiger charge is -2.09. The molecule has 0 saturated heterocycles. The Bertz CT molecular complexity index is 1670. The Balaban J connectivity index is 1.27. The fraction of sp³-hybridized carbons (Fsp3) is 0.0357. The van der Waals surface area contributed by atoms with Crippen LogP contribution in [0.5, 0.6) is 0 Å². The lowest BCUT2D eigenvalue weighted by molar-refractivity contribution is -0.115. The number of nitrogens with zero attached hydrogens (tertiary/aromatic N) is 5. The van der Waals surface area contributed by atoms with Gasteiger partial charge in [-0.15, -0.1) is 10.2 Å². The predicted molar refractivity (Wildman–Crippen MR) is 136 cm³/mol. The Kier molecular flexibility index (Phi) is 5.20. The van der Waals surface area contributed by atoms with Gasteiger partial charge in [0.25, 0.3) is 0 Å². The molecule has 168 valence electrons. The van der Waals surface area contributed by atoms with Gasteiger partial charge in [0.2, 0.25) is 5.91 Å². The smallest absolute Gasteiger partial charge is 0.228 e. The number of aromatic nitrogens is 5. The zero-order chi connectivity index (χ0) is 23.6. The minimum atomic E-state index is -0.0698. The SMILES string of the molecule is O=C(Cc1cccc2ccccc12)Nc1cccc(-c2ccc3nnc(-c4cccnc4)n3n2)c1. The molecule has 0 saturated carbocycles. The van der Waals surface area contributed by atoms with Gasteiger partial charge in [0, 0.05) is 29.2 Å². The van der Waals surface area contributed by atoms with Crippen LogP contribution in [-0.4, -0.2) is 30.7 Å². The van der Waals surface area contributed by atoms with Gasteiger partial charge in [-0.05, 0) is 52.7 Å². The topological polar surface area (TPSA) is 85.1 Å². The molecule has 3 heterocycles. The highest BCUT2D eigenvalue weighted by Gasteiger charge is 2.12. The monoisotopic (exact) mass is 456 g/mol. The number of anilines is 1. The van der Waals surface area contributed by atoms with Gasteiger partial charge in [-0.3, -0.25) is 9.78 Å². The Hall–Kier alpha value is -4.91. The van der Waals surface area contributed by atoms with E-state index >= 15 is 0 Å². The highest BCUT2D eigenvalue weighted by atomic mass is 16.1. The summed E-state index contributed by atoms with van der Waals surface area (Å²) in [5, 5.41) is 18.5. The van der Waals surface area contributed by atoms with Crippen molar-refractivity contribution in [2.24, 2.45) is 0 Å². The number of hydrogen-bond acceptors (Lipinski definition) is 5. The van der Waals surface area contributed by atoms with Gasteiger partial charge < -0.3 is 5.32 Å². The van der Waals surface area contributed by atoms with E-state index in [4.69, 9.17) is 5.10 Å². The average Bonchev–Trinajstić information content (AvgIpc) is 3.33. The van der Waals surface area contributed by atoms with Crippen molar-refractivity contribution in [3.8, 4) is 22.6 Å². The van der Waals surface area contributed by atoms with Crippen LogP contribution in [0.4, 0.5) is 5.69 Å². The van der Waals surface area contributed by atoms with E-state index in [1.165, 1.54) is 0 Å². The highest BCUT2D eigenvalue weighted by molar-refractivity contribution is 5.96. The van der Waals surface area contributed by atoms with Gasteiger partial charge in [-0.25, -0.2) is 0 Å². The maximum absolute atomic E-state index is 12.9. The molecule has 0 bridgehead atoms. The van der Waals surface area contributed by atoms with E-state index in [1.54, 1.807) is 16.9 Å². The maximum atomic E-state index is 12.9. The molecule has 0 aliphatic carbocycles. The van der Waals surface area contributed by atoms with E-state index < -0.39 is 0 Å². The van der Waals surface area contributed by atoms with Crippen LogP contribution in [0.25, 0.3) is 39.1 Å². The fourth-order valence-corrected chi connectivity index (χ4v) is 4.20. The number of fused-ring (bicyclic) bond motifs is 2. The first-order valence-electron chi connectivity index (χ1n) is 11.2. The summed E-state index contributed by atoms with van der Waals surface area (Å²) in [6.45, 7) is 0. The minimum Gasteiger partial charge on any atom is -0.326 e. The van der Waals surface area contributed by atoms with Crippen LogP contribution in [-0.2, 0) is 11.2 Å². The second kappa shape index (κ2) is 8.79. The molecule has 7 heteroatoms. The molecule has 0 aliphatic heterocycles. The molecule has 0 aliphatic rings. The second-order valence-corrected chi connectivity index (χ2v) is 8.20. The third kappa shape index (κ3) is 4.11. The van der Waals surface area contributed by atoms with Crippen LogP contribution in [0.1, 0.15) is 5.56 Å². The van der Waals surface area contributed by atoms with Crippen molar-refractivity contribution in [3.63, 3.8) is 0 Å². The van der Waals surface area contributed by atoms with E-state index in [0.717, 1.165) is 33.2 Å². The van der Waals surface area contributed by atoms with Gasteiger partial charge >= 0.3 is 0 Å². The second-order valence-electron chi connectivity index (χ2n) is 8.20. The summed E-state index contributed by atoms with van der Waals surface area (Å²) >= 11 is 0. The third-order valence-corrected chi connectivity index (χ3v) is 5.86. The van der Waals surface area contributed by atoms with Gasteiger partial charge in [0.15, 0.2) is 11.5 Å². The van der Waals surface area contributed by atoms with E-state index in [-0.39, 0.29) is 5.91 Å². The third-order valence-electron chi connectivity index (χ3n) is 5.86. The lowest BCUT2D eigenvalue weighted by Crippen LogP contribution is -2.14. The summed E-state index contributed by atoms with van der Waals surface area (Å²) in [5.74, 6) is 0.550. The van der Waals surface area contributed by atoms with Crippen LogP contribution >= 0.6 is 0 Å². The maximum Gasteiger partial charge on any atom is 0.228 e. The van der Waals surface area contributed by atoms with Crippen molar-refractivity contribution in [1.29, 1.82) is 0 Å². The Morgan fingerprint density at radius 1 is 0.829 bits per heavy atom. The standard InChI is InChI=1S/C28H20N6O/c35-27(17-20-8-3-7-19-6-1-2-12-24(19)20)30-23-11-4-9-21(16-23)25-13-14-26-31-32-28(34(26)33-25)22-10-5-15-29-18-22/h1-16,18H,17H2,(H,30,35). The van der Waals surface area contributed by atoms with Gasteiger partial charge in [-0.1, -0.05) is 54.6 Å². The molecule has 6 aromatic rings. The molecule has 3 aromatic heterocycles. The minimum absolute atomic E-state index is 0.0698. The number of hydrogen-bond donors (Lipinski definition) is 1. The highest BCUT2D eigenvalue weighted by Crippen LogP contribution is 2.24. The summed E-state index contributed by atoms with van der Waals surface area (Å²) in [6.07, 6.45) is 3.74. The van der Waals surface area contributed by atoms with Crippen LogP contribution < -0.4 is 5.32 Å². The van der Waals surface area contributed by atoms with Crippen molar-refractivity contribution in [1.82, 2.24) is 24.8 Å². The summed E-state index contributed by atoms with van der Waals surface area (Å²) in [7, 11) is 0. The Labute approximate surface area is 201 Å². The first kappa shape index (κ1) is 20.7. The molecular formula is C28H20N6O. The number of carbonyl (C=O) groups is 1. The summed E-state index contributed by atoms with van der Waals surface area (Å²) in [5.41, 5.74) is 4.81. The molecule has 1 N–H and O–H groups in total. The first-order chi connectivity index (χ1) is 17.2. The zero-order valence-corrected chi connectivity index (χ0v) is 18.7. The van der Waals surface area contributed by atoms with Crippen LogP contribution in [0.15, 0.2) is 103 Å². The molecule has 7 nitrogen and oxygen atoms in total. The van der Waals surface area contributed by atoms with E-state index in [9.17, 15) is 4.79 Å². The average molecular weight is 457 g/mol. The molecule has 0 atom stereocenters. The molecule has 1 amide bonds. The molecule has 35 heavy (non-hydrogen) atoms. The van der Waals surface area contributed by atoms with Crippen molar-refractivity contribution in [3.05, 3.63) is 109 Å². The quantitative estimate of drug-likeness (QED) is 0.386. The lowest BCUT2D eigenvalue weighted by atomic mass is 10.0. The normalized spacial score (nSPS) is 11.1. The summed E-state index contributed by atoms with van der Waals surface area (Å²) in [4.78, 5) is 17.0. The molecule has 0 spiro atoms. The van der Waals surface area contributed by atoms with Crippen LogP contribution in [0.3, 0.4) is 0 Å².